The topological polar surface area (TPSA) is 71.8 Å². The third-order valence-corrected chi connectivity index (χ3v) is 4.02. The van der Waals surface area contributed by atoms with Gasteiger partial charge in [-0.1, -0.05) is 30.7 Å². The molecule has 2 aromatic rings. The Bertz CT molecular complexity index is 700. The van der Waals surface area contributed by atoms with Gasteiger partial charge in [0.15, 0.2) is 0 Å². The molecule has 1 amide bonds. The summed E-state index contributed by atoms with van der Waals surface area (Å²) in [5.74, 6) is 1.12. The van der Waals surface area contributed by atoms with E-state index in [4.69, 9.17) is 11.6 Å². The first-order chi connectivity index (χ1) is 11.2. The van der Waals surface area contributed by atoms with Crippen molar-refractivity contribution in [1.29, 1.82) is 0 Å². The van der Waals surface area contributed by atoms with Crippen LogP contribution in [-0.2, 0) is 0 Å². The van der Waals surface area contributed by atoms with E-state index < -0.39 is 0 Å². The summed E-state index contributed by atoms with van der Waals surface area (Å²) in [7, 11) is 0. The Morgan fingerprint density at radius 1 is 1.33 bits per heavy atom. The molecular weight excluding hydrogens is 349 g/mol. The molecule has 1 aliphatic carbocycles. The molecule has 130 valence electrons. The number of halogens is 2. The third kappa shape index (κ3) is 4.26. The predicted molar refractivity (Wildman–Crippen MR) is 96.5 cm³/mol. The van der Waals surface area contributed by atoms with Gasteiger partial charge in [0.25, 0.3) is 5.91 Å². The monoisotopic (exact) mass is 369 g/mol. The molecule has 0 unspecified atom stereocenters. The second-order valence-electron chi connectivity index (χ2n) is 5.54. The van der Waals surface area contributed by atoms with E-state index in [1.165, 1.54) is 0 Å². The van der Waals surface area contributed by atoms with Crippen molar-refractivity contribution < 1.29 is 4.79 Å². The van der Waals surface area contributed by atoms with Crippen LogP contribution in [0.1, 0.15) is 42.1 Å². The van der Waals surface area contributed by atoms with Gasteiger partial charge in [0.1, 0.15) is 5.82 Å². The highest BCUT2D eigenvalue weighted by Crippen LogP contribution is 2.40. The molecule has 1 saturated carbocycles. The maximum atomic E-state index is 12.2. The summed E-state index contributed by atoms with van der Waals surface area (Å²) in [4.78, 5) is 16.7. The van der Waals surface area contributed by atoms with Gasteiger partial charge in [0.2, 0.25) is 5.82 Å². The van der Waals surface area contributed by atoms with E-state index >= 15 is 0 Å². The Balaban J connectivity index is 0.00000208. The van der Waals surface area contributed by atoms with Crippen LogP contribution in [0.4, 0.5) is 0 Å². The molecule has 24 heavy (non-hydrogen) atoms. The van der Waals surface area contributed by atoms with E-state index in [9.17, 15) is 4.79 Å². The molecule has 2 N–H and O–H groups in total. The Morgan fingerprint density at radius 2 is 2.08 bits per heavy atom. The number of rotatable bonds is 7. The van der Waals surface area contributed by atoms with Crippen LogP contribution in [0.15, 0.2) is 24.3 Å². The van der Waals surface area contributed by atoms with Crippen molar-refractivity contribution in [1.82, 2.24) is 25.4 Å². The first kappa shape index (κ1) is 18.7. The fourth-order valence-corrected chi connectivity index (χ4v) is 2.56. The normalized spacial score (nSPS) is 13.4. The summed E-state index contributed by atoms with van der Waals surface area (Å²) < 4.78 is 1.71. The van der Waals surface area contributed by atoms with Crippen molar-refractivity contribution in [3.05, 3.63) is 40.9 Å². The third-order valence-electron chi connectivity index (χ3n) is 3.70. The van der Waals surface area contributed by atoms with Gasteiger partial charge in [-0.3, -0.25) is 4.79 Å². The number of benzene rings is 1. The van der Waals surface area contributed by atoms with E-state index in [0.717, 1.165) is 37.4 Å². The number of para-hydroxylation sites is 1. The van der Waals surface area contributed by atoms with Crippen LogP contribution in [0.3, 0.4) is 0 Å². The van der Waals surface area contributed by atoms with Crippen molar-refractivity contribution in [3.8, 4) is 5.69 Å². The average Bonchev–Trinajstić information content (AvgIpc) is 3.31. The van der Waals surface area contributed by atoms with Crippen LogP contribution in [0.5, 0.6) is 0 Å². The van der Waals surface area contributed by atoms with Crippen LogP contribution in [0.25, 0.3) is 5.69 Å². The number of likely N-dealkylation sites (N-methyl/N-ethyl adjacent to an activating group) is 1. The van der Waals surface area contributed by atoms with Gasteiger partial charge in [-0.15, -0.1) is 17.5 Å². The lowest BCUT2D eigenvalue weighted by Gasteiger charge is -2.06. The molecule has 1 aliphatic rings. The van der Waals surface area contributed by atoms with Gasteiger partial charge >= 0.3 is 0 Å². The summed E-state index contributed by atoms with van der Waals surface area (Å²) in [5.41, 5.74) is 0.760. The van der Waals surface area contributed by atoms with E-state index in [-0.39, 0.29) is 24.1 Å². The Kier molecular flexibility index (Phi) is 6.60. The number of hydrogen-bond donors (Lipinski definition) is 2. The van der Waals surface area contributed by atoms with E-state index in [0.29, 0.717) is 17.5 Å². The highest BCUT2D eigenvalue weighted by Gasteiger charge is 2.31. The van der Waals surface area contributed by atoms with Crippen molar-refractivity contribution >= 4 is 29.9 Å². The van der Waals surface area contributed by atoms with Gasteiger partial charge in [0, 0.05) is 19.0 Å². The maximum Gasteiger partial charge on any atom is 0.291 e. The lowest BCUT2D eigenvalue weighted by atomic mass is 10.3. The number of amides is 1. The lowest BCUT2D eigenvalue weighted by molar-refractivity contribution is 0.0943. The fourth-order valence-electron chi connectivity index (χ4n) is 2.35. The predicted octanol–water partition coefficient (Wildman–Crippen LogP) is 2.56. The fraction of sp³-hybridized carbons (Fsp3) is 0.438. The van der Waals surface area contributed by atoms with Gasteiger partial charge in [0.05, 0.1) is 10.7 Å². The molecule has 0 aliphatic heterocycles. The van der Waals surface area contributed by atoms with E-state index in [1.54, 1.807) is 4.68 Å². The summed E-state index contributed by atoms with van der Waals surface area (Å²) >= 11 is 6.27. The van der Waals surface area contributed by atoms with Crippen molar-refractivity contribution in [2.45, 2.75) is 25.7 Å². The van der Waals surface area contributed by atoms with E-state index in [1.807, 2.05) is 31.2 Å². The van der Waals surface area contributed by atoms with Crippen LogP contribution >= 0.6 is 24.0 Å². The van der Waals surface area contributed by atoms with Crippen LogP contribution in [0, 0.1) is 0 Å². The zero-order valence-corrected chi connectivity index (χ0v) is 15.0. The minimum absolute atomic E-state index is 0. The number of nitrogens with zero attached hydrogens (tertiary/aromatic N) is 3. The summed E-state index contributed by atoms with van der Waals surface area (Å²) in [5, 5.41) is 11.0. The maximum absolute atomic E-state index is 12.2. The minimum Gasteiger partial charge on any atom is -0.348 e. The van der Waals surface area contributed by atoms with Gasteiger partial charge in [-0.2, -0.15) is 0 Å². The molecule has 0 saturated heterocycles. The lowest BCUT2D eigenvalue weighted by Crippen LogP contribution is -2.32. The quantitative estimate of drug-likeness (QED) is 0.735. The second-order valence-corrected chi connectivity index (χ2v) is 5.95. The molecule has 0 atom stereocenters. The molecule has 0 spiro atoms. The number of hydrogen-bond acceptors (Lipinski definition) is 4. The van der Waals surface area contributed by atoms with Crippen LogP contribution in [-0.4, -0.2) is 40.3 Å². The molecule has 6 nitrogen and oxygen atoms in total. The average molecular weight is 370 g/mol. The number of carbonyl (C=O) groups is 1. The molecular formula is C16H21Cl2N5O. The van der Waals surface area contributed by atoms with Crippen LogP contribution in [0.2, 0.25) is 5.02 Å². The number of carbonyl (C=O) groups excluding carboxylic acids is 1. The first-order valence-electron chi connectivity index (χ1n) is 7.91. The highest BCUT2D eigenvalue weighted by atomic mass is 35.5. The van der Waals surface area contributed by atoms with Gasteiger partial charge < -0.3 is 10.6 Å². The molecule has 1 heterocycles. The Labute approximate surface area is 152 Å². The van der Waals surface area contributed by atoms with Crippen molar-refractivity contribution in [3.63, 3.8) is 0 Å². The zero-order valence-electron chi connectivity index (χ0n) is 13.5. The number of nitrogens with one attached hydrogen (secondary N) is 2. The van der Waals surface area contributed by atoms with Crippen molar-refractivity contribution in [2.75, 3.05) is 19.6 Å². The number of aromatic nitrogens is 3. The van der Waals surface area contributed by atoms with Crippen molar-refractivity contribution in [2.24, 2.45) is 0 Å². The standard InChI is InChI=1S/C16H20ClN5O.ClH/c1-2-18-9-10-19-16(23)14-20-15(11-7-8-11)22(21-14)13-6-4-3-5-12(13)17;/h3-6,11,18H,2,7-10H2,1H3,(H,19,23);1H. The minimum atomic E-state index is -0.254. The molecule has 1 aromatic carbocycles. The summed E-state index contributed by atoms with van der Waals surface area (Å²) in [6.45, 7) is 4.17. The largest absolute Gasteiger partial charge is 0.348 e. The Hall–Kier alpha value is -1.63. The molecule has 8 heteroatoms. The van der Waals surface area contributed by atoms with Crippen LogP contribution < -0.4 is 10.6 Å². The van der Waals surface area contributed by atoms with Gasteiger partial charge in [-0.25, -0.2) is 9.67 Å². The second kappa shape index (κ2) is 8.46. The molecule has 1 fully saturated rings. The summed E-state index contributed by atoms with van der Waals surface area (Å²) in [6, 6.07) is 7.46. The van der Waals surface area contributed by atoms with Gasteiger partial charge in [-0.05, 0) is 31.5 Å². The molecule has 0 radical (unpaired) electrons. The smallest absolute Gasteiger partial charge is 0.291 e. The zero-order chi connectivity index (χ0) is 16.2. The van der Waals surface area contributed by atoms with E-state index in [2.05, 4.69) is 20.7 Å². The molecule has 3 rings (SSSR count). The highest BCUT2D eigenvalue weighted by molar-refractivity contribution is 6.32. The Morgan fingerprint density at radius 3 is 2.75 bits per heavy atom. The first-order valence-corrected chi connectivity index (χ1v) is 8.29. The summed E-state index contributed by atoms with van der Waals surface area (Å²) in [6.07, 6.45) is 2.15. The molecule has 0 bridgehead atoms. The molecule has 1 aromatic heterocycles. The SMILES string of the molecule is CCNCCNC(=O)c1nc(C2CC2)n(-c2ccccc2Cl)n1.Cl.